The first-order valence-electron chi connectivity index (χ1n) is 6.84. The average Bonchev–Trinajstić information content (AvgIpc) is 2.34. The summed E-state index contributed by atoms with van der Waals surface area (Å²) >= 11 is 11.5. The molecule has 104 valence electrons. The van der Waals surface area contributed by atoms with Crippen LogP contribution in [0, 0.1) is 6.92 Å². The van der Waals surface area contributed by atoms with Crippen LogP contribution in [0.1, 0.15) is 44.6 Å². The molecule has 19 heavy (non-hydrogen) atoms. The highest BCUT2D eigenvalue weighted by molar-refractivity contribution is 7.80. The second kappa shape index (κ2) is 6.10. The van der Waals surface area contributed by atoms with Gasteiger partial charge in [-0.1, -0.05) is 36.9 Å². The van der Waals surface area contributed by atoms with Crippen LogP contribution in [-0.2, 0) is 0 Å². The zero-order chi connectivity index (χ0) is 13.9. The molecule has 0 radical (unpaired) electrons. The van der Waals surface area contributed by atoms with Crippen LogP contribution < -0.4 is 10.6 Å². The molecule has 1 fully saturated rings. The highest BCUT2D eigenvalue weighted by atomic mass is 35.5. The van der Waals surface area contributed by atoms with Crippen LogP contribution in [0.2, 0.25) is 5.02 Å². The van der Waals surface area contributed by atoms with E-state index in [2.05, 4.69) is 17.6 Å². The maximum atomic E-state index is 6.11. The molecule has 0 saturated heterocycles. The maximum absolute atomic E-state index is 6.11. The largest absolute Gasteiger partial charge is 0.357 e. The van der Waals surface area contributed by atoms with Crippen molar-refractivity contribution < 1.29 is 0 Å². The summed E-state index contributed by atoms with van der Waals surface area (Å²) in [6.07, 6.45) is 6.27. The van der Waals surface area contributed by atoms with Crippen LogP contribution in [-0.4, -0.2) is 10.7 Å². The summed E-state index contributed by atoms with van der Waals surface area (Å²) in [5.41, 5.74) is 2.15. The molecule has 2 rings (SSSR count). The van der Waals surface area contributed by atoms with Crippen molar-refractivity contribution in [3.63, 3.8) is 0 Å². The molecule has 1 aromatic carbocycles. The minimum atomic E-state index is 0.136. The lowest BCUT2D eigenvalue weighted by Gasteiger charge is -2.35. The summed E-state index contributed by atoms with van der Waals surface area (Å²) in [6, 6.07) is 5.90. The lowest BCUT2D eigenvalue weighted by Crippen LogP contribution is -2.48. The van der Waals surface area contributed by atoms with E-state index in [1.165, 1.54) is 32.1 Å². The van der Waals surface area contributed by atoms with Crippen LogP contribution in [0.3, 0.4) is 0 Å². The number of hydrogen-bond donors (Lipinski definition) is 2. The Labute approximate surface area is 125 Å². The second-order valence-corrected chi connectivity index (χ2v) is 6.48. The molecular formula is C15H21ClN2S. The summed E-state index contributed by atoms with van der Waals surface area (Å²) < 4.78 is 0. The van der Waals surface area contributed by atoms with Gasteiger partial charge >= 0.3 is 0 Å². The minimum Gasteiger partial charge on any atom is -0.357 e. The first-order chi connectivity index (χ1) is 8.98. The van der Waals surface area contributed by atoms with Crippen molar-refractivity contribution in [1.82, 2.24) is 5.32 Å². The predicted octanol–water partition coefficient (Wildman–Crippen LogP) is 4.66. The van der Waals surface area contributed by atoms with Crippen molar-refractivity contribution in [2.24, 2.45) is 0 Å². The van der Waals surface area contributed by atoms with Gasteiger partial charge in [-0.2, -0.15) is 0 Å². The molecule has 0 aliphatic heterocycles. The van der Waals surface area contributed by atoms with Gasteiger partial charge in [0.05, 0.1) is 0 Å². The smallest absolute Gasteiger partial charge is 0.171 e. The van der Waals surface area contributed by atoms with Crippen molar-refractivity contribution in [1.29, 1.82) is 0 Å². The fourth-order valence-electron chi connectivity index (χ4n) is 2.56. The number of anilines is 1. The average molecular weight is 297 g/mol. The van der Waals surface area contributed by atoms with E-state index in [4.69, 9.17) is 23.8 Å². The molecule has 0 bridgehead atoms. The summed E-state index contributed by atoms with van der Waals surface area (Å²) in [4.78, 5) is 0. The van der Waals surface area contributed by atoms with Crippen molar-refractivity contribution in [2.45, 2.75) is 51.5 Å². The standard InChI is InChI=1S/C15H21ClN2S/c1-11-6-7-12(10-13(11)16)17-14(19)18-15(2)8-4-3-5-9-15/h6-7,10H,3-5,8-9H2,1-2H3,(H2,17,18,19). The Morgan fingerprint density at radius 3 is 2.58 bits per heavy atom. The molecular weight excluding hydrogens is 276 g/mol. The Balaban J connectivity index is 1.95. The van der Waals surface area contributed by atoms with E-state index >= 15 is 0 Å². The van der Waals surface area contributed by atoms with Gasteiger partial charge in [-0.25, -0.2) is 0 Å². The Bertz CT molecular complexity index is 467. The molecule has 0 amide bonds. The fourth-order valence-corrected chi connectivity index (χ4v) is 3.11. The fraction of sp³-hybridized carbons (Fsp3) is 0.533. The molecule has 0 unspecified atom stereocenters. The third-order valence-corrected chi connectivity index (χ3v) is 4.41. The Kier molecular flexibility index (Phi) is 4.69. The third-order valence-electron chi connectivity index (χ3n) is 3.80. The van der Waals surface area contributed by atoms with Gasteiger partial charge in [-0.15, -0.1) is 0 Å². The normalized spacial score (nSPS) is 17.8. The van der Waals surface area contributed by atoms with Crippen LogP contribution in [0.25, 0.3) is 0 Å². The van der Waals surface area contributed by atoms with E-state index in [9.17, 15) is 0 Å². The molecule has 2 N–H and O–H groups in total. The zero-order valence-corrected chi connectivity index (χ0v) is 13.1. The van der Waals surface area contributed by atoms with E-state index in [1.807, 2.05) is 25.1 Å². The van der Waals surface area contributed by atoms with Gasteiger partial charge in [-0.3, -0.25) is 0 Å². The van der Waals surface area contributed by atoms with Crippen LogP contribution in [0.5, 0.6) is 0 Å². The van der Waals surface area contributed by atoms with E-state index < -0.39 is 0 Å². The van der Waals surface area contributed by atoms with Crippen molar-refractivity contribution in [3.05, 3.63) is 28.8 Å². The van der Waals surface area contributed by atoms with Gasteiger partial charge in [0.2, 0.25) is 0 Å². The predicted molar refractivity (Wildman–Crippen MR) is 87.0 cm³/mol. The quantitative estimate of drug-likeness (QED) is 0.776. The number of nitrogens with one attached hydrogen (secondary N) is 2. The van der Waals surface area contributed by atoms with Crippen LogP contribution in [0.4, 0.5) is 5.69 Å². The third kappa shape index (κ3) is 4.08. The number of aryl methyl sites for hydroxylation is 1. The SMILES string of the molecule is Cc1ccc(NC(=S)NC2(C)CCCCC2)cc1Cl. The van der Waals surface area contributed by atoms with Crippen molar-refractivity contribution in [3.8, 4) is 0 Å². The number of rotatable bonds is 2. The zero-order valence-electron chi connectivity index (χ0n) is 11.6. The highest BCUT2D eigenvalue weighted by Crippen LogP contribution is 2.27. The molecule has 1 aromatic rings. The first-order valence-corrected chi connectivity index (χ1v) is 7.62. The molecule has 1 saturated carbocycles. The van der Waals surface area contributed by atoms with Crippen LogP contribution >= 0.6 is 23.8 Å². The van der Waals surface area contributed by atoms with Gasteiger partial charge in [0.1, 0.15) is 0 Å². The molecule has 0 aromatic heterocycles. The summed E-state index contributed by atoms with van der Waals surface area (Å²) in [5, 5.41) is 8.12. The summed E-state index contributed by atoms with van der Waals surface area (Å²) in [6.45, 7) is 4.24. The monoisotopic (exact) mass is 296 g/mol. The molecule has 4 heteroatoms. The Morgan fingerprint density at radius 1 is 1.26 bits per heavy atom. The van der Waals surface area contributed by atoms with Crippen molar-refractivity contribution >= 4 is 34.6 Å². The van der Waals surface area contributed by atoms with Gasteiger partial charge in [0.25, 0.3) is 0 Å². The molecule has 1 aliphatic rings. The minimum absolute atomic E-state index is 0.136. The Hall–Kier alpha value is -0.800. The summed E-state index contributed by atoms with van der Waals surface area (Å²) in [5.74, 6) is 0. The van der Waals surface area contributed by atoms with E-state index in [1.54, 1.807) is 0 Å². The topological polar surface area (TPSA) is 24.1 Å². The second-order valence-electron chi connectivity index (χ2n) is 5.66. The summed E-state index contributed by atoms with van der Waals surface area (Å²) in [7, 11) is 0. The lowest BCUT2D eigenvalue weighted by atomic mass is 9.83. The van der Waals surface area contributed by atoms with Crippen LogP contribution in [0.15, 0.2) is 18.2 Å². The first kappa shape index (κ1) is 14.6. The van der Waals surface area contributed by atoms with E-state index in [-0.39, 0.29) is 5.54 Å². The molecule has 0 atom stereocenters. The van der Waals surface area contributed by atoms with Gasteiger partial charge in [0, 0.05) is 16.2 Å². The van der Waals surface area contributed by atoms with Gasteiger partial charge in [0.15, 0.2) is 5.11 Å². The molecule has 1 aliphatic carbocycles. The number of halogens is 1. The number of hydrogen-bond acceptors (Lipinski definition) is 1. The molecule has 2 nitrogen and oxygen atoms in total. The molecule has 0 spiro atoms. The number of benzene rings is 1. The van der Waals surface area contributed by atoms with Crippen molar-refractivity contribution in [2.75, 3.05) is 5.32 Å². The molecule has 0 heterocycles. The van der Waals surface area contributed by atoms with Gasteiger partial charge in [-0.05, 0) is 56.6 Å². The highest BCUT2D eigenvalue weighted by Gasteiger charge is 2.27. The maximum Gasteiger partial charge on any atom is 0.171 e. The Morgan fingerprint density at radius 2 is 1.95 bits per heavy atom. The lowest BCUT2D eigenvalue weighted by molar-refractivity contribution is 0.292. The van der Waals surface area contributed by atoms with Gasteiger partial charge < -0.3 is 10.6 Å². The number of thiocarbonyl (C=S) groups is 1. The van der Waals surface area contributed by atoms with E-state index in [0.29, 0.717) is 5.11 Å². The van der Waals surface area contributed by atoms with E-state index in [0.717, 1.165) is 16.3 Å².